The standard InChI is InChI=1S/C21H23BrN2O5S/c1-14-4-3-5-15-13-29-21(25)24(20(14)15)17-8-10-23(11-9-17)30(26,27)19-12-16(22)6-7-18(19)28-2/h3-7,12,17H,8-11,13H2,1-2H3. The summed E-state index contributed by atoms with van der Waals surface area (Å²) in [5.41, 5.74) is 2.88. The molecule has 9 heteroatoms. The van der Waals surface area contributed by atoms with Crippen molar-refractivity contribution in [3.8, 4) is 5.75 Å². The van der Waals surface area contributed by atoms with E-state index in [9.17, 15) is 13.2 Å². The van der Waals surface area contributed by atoms with Gasteiger partial charge in [0, 0.05) is 29.2 Å². The molecule has 2 aromatic rings. The van der Waals surface area contributed by atoms with Crippen molar-refractivity contribution in [3.63, 3.8) is 0 Å². The van der Waals surface area contributed by atoms with Crippen molar-refractivity contribution in [1.82, 2.24) is 4.31 Å². The smallest absolute Gasteiger partial charge is 0.414 e. The molecule has 0 saturated carbocycles. The van der Waals surface area contributed by atoms with E-state index < -0.39 is 10.0 Å². The second kappa shape index (κ2) is 8.20. The number of methoxy groups -OCH3 is 1. The first kappa shape index (κ1) is 21.1. The summed E-state index contributed by atoms with van der Waals surface area (Å²) in [6, 6.07) is 10.7. The Morgan fingerprint density at radius 3 is 2.60 bits per heavy atom. The SMILES string of the molecule is COc1ccc(Br)cc1S(=O)(=O)N1CCC(N2C(=O)OCc3cccc(C)c32)CC1. The molecule has 0 aromatic heterocycles. The Kier molecular flexibility index (Phi) is 5.78. The number of cyclic esters (lactones) is 1. The zero-order chi connectivity index (χ0) is 21.5. The van der Waals surface area contributed by atoms with E-state index >= 15 is 0 Å². The lowest BCUT2D eigenvalue weighted by Crippen LogP contribution is -2.50. The van der Waals surface area contributed by atoms with E-state index in [1.54, 1.807) is 23.1 Å². The van der Waals surface area contributed by atoms with E-state index in [1.807, 2.05) is 25.1 Å². The van der Waals surface area contributed by atoms with Crippen LogP contribution in [0.4, 0.5) is 10.5 Å². The van der Waals surface area contributed by atoms with Crippen molar-refractivity contribution in [2.45, 2.75) is 37.3 Å². The van der Waals surface area contributed by atoms with E-state index in [2.05, 4.69) is 15.9 Å². The number of amides is 1. The first-order valence-electron chi connectivity index (χ1n) is 9.71. The Hall–Kier alpha value is -2.10. The maximum Gasteiger partial charge on any atom is 0.414 e. The average Bonchev–Trinajstić information content (AvgIpc) is 2.74. The van der Waals surface area contributed by atoms with E-state index in [1.165, 1.54) is 11.4 Å². The Bertz CT molecular complexity index is 1080. The van der Waals surface area contributed by atoms with Gasteiger partial charge in [0.25, 0.3) is 0 Å². The molecule has 0 unspecified atom stereocenters. The number of aryl methyl sites for hydroxylation is 1. The molecule has 0 N–H and O–H groups in total. The predicted octanol–water partition coefficient (Wildman–Crippen LogP) is 4.08. The van der Waals surface area contributed by atoms with E-state index in [0.717, 1.165) is 16.8 Å². The molecule has 1 amide bonds. The highest BCUT2D eigenvalue weighted by Crippen LogP contribution is 2.36. The molecule has 160 valence electrons. The quantitative estimate of drug-likeness (QED) is 0.639. The van der Waals surface area contributed by atoms with E-state index in [-0.39, 0.29) is 23.6 Å². The van der Waals surface area contributed by atoms with Crippen LogP contribution in [0.25, 0.3) is 0 Å². The number of rotatable bonds is 4. The average molecular weight is 495 g/mol. The first-order valence-corrected chi connectivity index (χ1v) is 11.9. The van der Waals surface area contributed by atoms with Crippen molar-refractivity contribution in [2.24, 2.45) is 0 Å². The molecule has 0 radical (unpaired) electrons. The zero-order valence-corrected chi connectivity index (χ0v) is 19.2. The second-order valence-electron chi connectivity index (χ2n) is 7.44. The maximum absolute atomic E-state index is 13.2. The summed E-state index contributed by atoms with van der Waals surface area (Å²) < 4.78 is 39.2. The molecule has 2 aromatic carbocycles. The summed E-state index contributed by atoms with van der Waals surface area (Å²) in [5.74, 6) is 0.310. The van der Waals surface area contributed by atoms with Crippen LogP contribution in [0.5, 0.6) is 5.75 Å². The number of benzene rings is 2. The van der Waals surface area contributed by atoms with Gasteiger partial charge < -0.3 is 9.47 Å². The van der Waals surface area contributed by atoms with Crippen molar-refractivity contribution in [1.29, 1.82) is 0 Å². The van der Waals surface area contributed by atoms with Gasteiger partial charge in [0.05, 0.1) is 12.8 Å². The van der Waals surface area contributed by atoms with Crippen LogP contribution >= 0.6 is 15.9 Å². The Labute approximate surface area is 184 Å². The van der Waals surface area contributed by atoms with Crippen LogP contribution in [0.2, 0.25) is 0 Å². The number of halogens is 1. The minimum absolute atomic E-state index is 0.117. The summed E-state index contributed by atoms with van der Waals surface area (Å²) in [5, 5.41) is 0. The number of fused-ring (bicyclic) bond motifs is 1. The van der Waals surface area contributed by atoms with Crippen molar-refractivity contribution < 1.29 is 22.7 Å². The van der Waals surface area contributed by atoms with Gasteiger partial charge in [-0.3, -0.25) is 4.90 Å². The number of hydrogen-bond donors (Lipinski definition) is 0. The summed E-state index contributed by atoms with van der Waals surface area (Å²) in [6.45, 7) is 2.87. The third-order valence-corrected chi connectivity index (χ3v) is 8.06. The molecule has 2 aliphatic rings. The monoisotopic (exact) mass is 494 g/mol. The highest BCUT2D eigenvalue weighted by molar-refractivity contribution is 9.10. The lowest BCUT2D eigenvalue weighted by atomic mass is 10.00. The van der Waals surface area contributed by atoms with Crippen LogP contribution in [-0.4, -0.2) is 45.1 Å². The van der Waals surface area contributed by atoms with Gasteiger partial charge in [-0.15, -0.1) is 0 Å². The molecule has 0 bridgehead atoms. The largest absolute Gasteiger partial charge is 0.495 e. The molecule has 0 atom stereocenters. The number of carbonyl (C=O) groups is 1. The summed E-state index contributed by atoms with van der Waals surface area (Å²) >= 11 is 3.34. The topological polar surface area (TPSA) is 76.2 Å². The molecule has 7 nitrogen and oxygen atoms in total. The highest BCUT2D eigenvalue weighted by Gasteiger charge is 2.38. The highest BCUT2D eigenvalue weighted by atomic mass is 79.9. The van der Waals surface area contributed by atoms with Gasteiger partial charge in [-0.25, -0.2) is 13.2 Å². The van der Waals surface area contributed by atoms with Crippen molar-refractivity contribution in [3.05, 3.63) is 52.0 Å². The molecular formula is C21H23BrN2O5S. The fourth-order valence-electron chi connectivity index (χ4n) is 4.14. The molecule has 1 fully saturated rings. The van der Waals surface area contributed by atoms with Gasteiger partial charge in [0.2, 0.25) is 10.0 Å². The fourth-order valence-corrected chi connectivity index (χ4v) is 6.31. The number of para-hydroxylation sites is 1. The molecular weight excluding hydrogens is 472 g/mol. The van der Waals surface area contributed by atoms with Gasteiger partial charge in [-0.1, -0.05) is 34.1 Å². The number of carbonyl (C=O) groups excluding carboxylic acids is 1. The molecule has 2 aliphatic heterocycles. The second-order valence-corrected chi connectivity index (χ2v) is 10.3. The molecule has 0 aliphatic carbocycles. The van der Waals surface area contributed by atoms with Crippen molar-refractivity contribution >= 4 is 37.7 Å². The third kappa shape index (κ3) is 3.70. The summed E-state index contributed by atoms with van der Waals surface area (Å²) in [6.07, 6.45) is 0.684. The molecule has 1 saturated heterocycles. The predicted molar refractivity (Wildman–Crippen MR) is 116 cm³/mol. The van der Waals surface area contributed by atoms with Gasteiger partial charge >= 0.3 is 6.09 Å². The van der Waals surface area contributed by atoms with E-state index in [4.69, 9.17) is 9.47 Å². The lowest BCUT2D eigenvalue weighted by molar-refractivity contribution is 0.135. The van der Waals surface area contributed by atoms with Gasteiger partial charge in [0.15, 0.2) is 0 Å². The number of sulfonamides is 1. The normalized spacial score (nSPS) is 18.1. The minimum Gasteiger partial charge on any atom is -0.495 e. The van der Waals surface area contributed by atoms with Crippen LogP contribution < -0.4 is 9.64 Å². The fraction of sp³-hybridized carbons (Fsp3) is 0.381. The summed E-state index contributed by atoms with van der Waals surface area (Å²) in [7, 11) is -2.27. The molecule has 4 rings (SSSR count). The van der Waals surface area contributed by atoms with Crippen LogP contribution in [0.3, 0.4) is 0 Å². The lowest BCUT2D eigenvalue weighted by Gasteiger charge is -2.40. The zero-order valence-electron chi connectivity index (χ0n) is 16.8. The van der Waals surface area contributed by atoms with Crippen LogP contribution in [-0.2, 0) is 21.4 Å². The number of piperidine rings is 1. The molecule has 2 heterocycles. The molecule has 30 heavy (non-hydrogen) atoms. The number of hydrogen-bond acceptors (Lipinski definition) is 5. The number of ether oxygens (including phenoxy) is 2. The Morgan fingerprint density at radius 2 is 1.90 bits per heavy atom. The van der Waals surface area contributed by atoms with Crippen LogP contribution in [0.15, 0.2) is 45.8 Å². The Balaban J connectivity index is 1.57. The van der Waals surface area contributed by atoms with E-state index in [0.29, 0.717) is 36.2 Å². The first-order chi connectivity index (χ1) is 14.3. The molecule has 0 spiro atoms. The van der Waals surface area contributed by atoms with Gasteiger partial charge in [-0.2, -0.15) is 4.31 Å². The van der Waals surface area contributed by atoms with Gasteiger partial charge in [0.1, 0.15) is 17.3 Å². The number of nitrogens with zero attached hydrogens (tertiary/aromatic N) is 2. The van der Waals surface area contributed by atoms with Crippen LogP contribution in [0.1, 0.15) is 24.0 Å². The van der Waals surface area contributed by atoms with Crippen LogP contribution in [0, 0.1) is 6.92 Å². The van der Waals surface area contributed by atoms with Gasteiger partial charge in [-0.05, 0) is 43.5 Å². The number of anilines is 1. The Morgan fingerprint density at radius 1 is 1.17 bits per heavy atom. The third-order valence-electron chi connectivity index (χ3n) is 5.64. The summed E-state index contributed by atoms with van der Waals surface area (Å²) in [4.78, 5) is 14.4. The maximum atomic E-state index is 13.2. The minimum atomic E-state index is -3.72. The van der Waals surface area contributed by atoms with Crippen molar-refractivity contribution in [2.75, 3.05) is 25.1 Å².